The van der Waals surface area contributed by atoms with Crippen molar-refractivity contribution in [2.75, 3.05) is 31.1 Å². The third-order valence-corrected chi connectivity index (χ3v) is 5.72. The molecule has 3 N–H and O–H groups in total. The quantitative estimate of drug-likeness (QED) is 0.361. The zero-order valence-electron chi connectivity index (χ0n) is 16.2. The number of carbonyl (C=O) groups is 1. The fourth-order valence-corrected chi connectivity index (χ4v) is 4.06. The number of anilines is 1. The Labute approximate surface area is 183 Å². The van der Waals surface area contributed by atoms with Gasteiger partial charge >= 0.3 is 0 Å². The average molecular weight is 449 g/mol. The zero-order chi connectivity index (χ0) is 21.3. The highest BCUT2D eigenvalue weighted by Crippen LogP contribution is 2.32. The van der Waals surface area contributed by atoms with Crippen molar-refractivity contribution in [3.63, 3.8) is 0 Å². The molecule has 1 aromatic carbocycles. The van der Waals surface area contributed by atoms with Gasteiger partial charge in [0.2, 0.25) is 0 Å². The summed E-state index contributed by atoms with van der Waals surface area (Å²) in [4.78, 5) is 21.2. The van der Waals surface area contributed by atoms with Gasteiger partial charge in [-0.3, -0.25) is 4.79 Å². The lowest BCUT2D eigenvalue weighted by molar-refractivity contribution is -0.825. The molecule has 10 heteroatoms. The first kappa shape index (κ1) is 20.6. The van der Waals surface area contributed by atoms with Gasteiger partial charge in [-0.2, -0.15) is 5.48 Å². The number of benzene rings is 1. The summed E-state index contributed by atoms with van der Waals surface area (Å²) in [6, 6.07) is 8.87. The molecule has 8 nitrogen and oxygen atoms in total. The maximum absolute atomic E-state index is 13.3. The molecule has 0 radical (unpaired) electrons. The number of aryl methyl sites for hydroxylation is 1. The summed E-state index contributed by atoms with van der Waals surface area (Å²) in [6.07, 6.45) is 1.58. The first-order valence-electron chi connectivity index (χ1n) is 9.38. The largest absolute Gasteiger partial charge is 0.367 e. The Morgan fingerprint density at radius 2 is 1.97 bits per heavy atom. The summed E-state index contributed by atoms with van der Waals surface area (Å²) >= 11 is 12.6. The van der Waals surface area contributed by atoms with E-state index in [0.717, 1.165) is 11.2 Å². The average Bonchev–Trinajstić information content (AvgIpc) is 3.14. The number of nitrogens with two attached hydrogens (primary N) is 1. The van der Waals surface area contributed by atoms with Gasteiger partial charge in [0.25, 0.3) is 5.91 Å². The molecule has 0 spiro atoms. The van der Waals surface area contributed by atoms with E-state index in [-0.39, 0.29) is 11.1 Å². The summed E-state index contributed by atoms with van der Waals surface area (Å²) in [5, 5.41) is 14.0. The summed E-state index contributed by atoms with van der Waals surface area (Å²) in [5.74, 6) is 0.288. The molecule has 1 fully saturated rings. The van der Waals surface area contributed by atoms with Crippen molar-refractivity contribution >= 4 is 40.5 Å². The molecular formula is C20H20Cl2N5O3+. The number of halogens is 2. The molecule has 156 valence electrons. The van der Waals surface area contributed by atoms with Gasteiger partial charge in [-0.1, -0.05) is 28.4 Å². The molecule has 0 saturated carbocycles. The SMILES string of the molecule is Cc1onc(-c2cccnc2Cl)c1C(=O)N1CCN(c2ccc([NH2+]O)cc2Cl)CC1. The molecule has 2 aromatic heterocycles. The van der Waals surface area contributed by atoms with Crippen molar-refractivity contribution in [1.82, 2.24) is 15.0 Å². The van der Waals surface area contributed by atoms with E-state index in [9.17, 15) is 4.79 Å². The molecule has 0 unspecified atom stereocenters. The Hall–Kier alpha value is -2.65. The van der Waals surface area contributed by atoms with Crippen LogP contribution in [0.2, 0.25) is 10.2 Å². The van der Waals surface area contributed by atoms with Crippen LogP contribution in [0.3, 0.4) is 0 Å². The molecule has 30 heavy (non-hydrogen) atoms. The number of aromatic nitrogens is 2. The maximum atomic E-state index is 13.3. The molecule has 4 rings (SSSR count). The van der Waals surface area contributed by atoms with E-state index in [1.54, 1.807) is 42.3 Å². The van der Waals surface area contributed by atoms with Crippen LogP contribution in [0.5, 0.6) is 0 Å². The Kier molecular flexibility index (Phi) is 5.92. The number of hydrogen-bond acceptors (Lipinski definition) is 6. The molecular weight excluding hydrogens is 429 g/mol. The lowest BCUT2D eigenvalue weighted by Crippen LogP contribution is -2.73. The van der Waals surface area contributed by atoms with Crippen LogP contribution < -0.4 is 10.4 Å². The van der Waals surface area contributed by atoms with Crippen molar-refractivity contribution in [3.05, 3.63) is 58.0 Å². The standard InChI is InChI=1S/C20H19Cl2N5O3/c1-12-17(18(25-30-12)14-3-2-6-23-19(14)22)20(28)27-9-7-26(8-10-27)16-5-4-13(24-29)11-15(16)21/h2-6,11,24,29H,7-10H2,1H3/p+1. The second-order valence-corrected chi connectivity index (χ2v) is 7.69. The summed E-state index contributed by atoms with van der Waals surface area (Å²) in [5.41, 5.74) is 3.89. The lowest BCUT2D eigenvalue weighted by atomic mass is 10.1. The first-order valence-corrected chi connectivity index (χ1v) is 10.1. The van der Waals surface area contributed by atoms with Crippen molar-refractivity contribution in [2.45, 2.75) is 6.92 Å². The topological polar surface area (TPSA) is 99.3 Å². The predicted molar refractivity (Wildman–Crippen MR) is 112 cm³/mol. The normalized spacial score (nSPS) is 14.3. The van der Waals surface area contributed by atoms with E-state index < -0.39 is 0 Å². The smallest absolute Gasteiger partial charge is 0.259 e. The lowest BCUT2D eigenvalue weighted by Gasteiger charge is -2.36. The van der Waals surface area contributed by atoms with Crippen LogP contribution in [0.1, 0.15) is 16.1 Å². The fourth-order valence-electron chi connectivity index (χ4n) is 3.54. The summed E-state index contributed by atoms with van der Waals surface area (Å²) < 4.78 is 5.31. The molecule has 1 aliphatic heterocycles. The van der Waals surface area contributed by atoms with Gasteiger partial charge in [-0.05, 0) is 25.1 Å². The highest BCUT2D eigenvalue weighted by atomic mass is 35.5. The minimum absolute atomic E-state index is 0.153. The van der Waals surface area contributed by atoms with Gasteiger partial charge in [0, 0.05) is 50.1 Å². The van der Waals surface area contributed by atoms with E-state index >= 15 is 0 Å². The molecule has 1 amide bonds. The maximum Gasteiger partial charge on any atom is 0.259 e. The molecule has 3 heterocycles. The molecule has 1 saturated heterocycles. The van der Waals surface area contributed by atoms with Gasteiger partial charge in [0.05, 0.1) is 10.7 Å². The summed E-state index contributed by atoms with van der Waals surface area (Å²) in [7, 11) is 0. The third kappa shape index (κ3) is 3.87. The van der Waals surface area contributed by atoms with E-state index in [1.165, 1.54) is 0 Å². The number of pyridine rings is 1. The van der Waals surface area contributed by atoms with Crippen molar-refractivity contribution < 1.29 is 20.0 Å². The van der Waals surface area contributed by atoms with Gasteiger partial charge in [-0.15, -0.1) is 0 Å². The van der Waals surface area contributed by atoms with Crippen molar-refractivity contribution in [3.8, 4) is 11.3 Å². The highest BCUT2D eigenvalue weighted by Gasteiger charge is 2.30. The van der Waals surface area contributed by atoms with E-state index in [1.807, 2.05) is 6.07 Å². The Bertz CT molecular complexity index is 1080. The molecule has 0 bridgehead atoms. The van der Waals surface area contributed by atoms with Crippen molar-refractivity contribution in [1.29, 1.82) is 0 Å². The zero-order valence-corrected chi connectivity index (χ0v) is 17.7. The van der Waals surface area contributed by atoms with E-state index in [2.05, 4.69) is 15.0 Å². The van der Waals surface area contributed by atoms with Gasteiger partial charge in [-0.25, -0.2) is 10.2 Å². The van der Waals surface area contributed by atoms with E-state index in [4.69, 9.17) is 32.9 Å². The second kappa shape index (κ2) is 8.61. The Morgan fingerprint density at radius 3 is 2.63 bits per heavy atom. The molecule has 1 aliphatic rings. The predicted octanol–water partition coefficient (Wildman–Crippen LogP) is 2.90. The van der Waals surface area contributed by atoms with Gasteiger partial charge < -0.3 is 14.3 Å². The monoisotopic (exact) mass is 448 g/mol. The third-order valence-electron chi connectivity index (χ3n) is 5.12. The number of hydrogen-bond donors (Lipinski definition) is 2. The number of rotatable bonds is 4. The van der Waals surface area contributed by atoms with Crippen LogP contribution in [0.15, 0.2) is 41.1 Å². The van der Waals surface area contributed by atoms with Gasteiger partial charge in [0.1, 0.15) is 22.2 Å². The van der Waals surface area contributed by atoms with E-state index in [0.29, 0.717) is 59.5 Å². The van der Waals surface area contributed by atoms with Crippen LogP contribution in [0.4, 0.5) is 11.4 Å². The number of carbonyl (C=O) groups excluding carboxylic acids is 1. The fraction of sp³-hybridized carbons (Fsp3) is 0.250. The Morgan fingerprint density at radius 1 is 1.20 bits per heavy atom. The summed E-state index contributed by atoms with van der Waals surface area (Å²) in [6.45, 7) is 4.01. The minimum atomic E-state index is -0.153. The number of nitrogens with zero attached hydrogens (tertiary/aromatic N) is 4. The Balaban J connectivity index is 1.52. The second-order valence-electron chi connectivity index (χ2n) is 6.92. The number of amides is 1. The van der Waals surface area contributed by atoms with Gasteiger partial charge in [0.15, 0.2) is 5.69 Å². The van der Waals surface area contributed by atoms with Crippen LogP contribution in [0.25, 0.3) is 11.3 Å². The van der Waals surface area contributed by atoms with Crippen LogP contribution >= 0.6 is 23.2 Å². The molecule has 0 aliphatic carbocycles. The molecule has 0 atom stereocenters. The minimum Gasteiger partial charge on any atom is -0.367 e. The van der Waals surface area contributed by atoms with Crippen LogP contribution in [-0.2, 0) is 0 Å². The van der Waals surface area contributed by atoms with Crippen LogP contribution in [0, 0.1) is 6.92 Å². The van der Waals surface area contributed by atoms with Crippen molar-refractivity contribution in [2.24, 2.45) is 0 Å². The number of piperazine rings is 1. The first-order chi connectivity index (χ1) is 14.5. The highest BCUT2D eigenvalue weighted by molar-refractivity contribution is 6.33. The molecule has 3 aromatic rings. The van der Waals surface area contributed by atoms with Crippen LogP contribution in [-0.4, -0.2) is 52.3 Å². The number of quaternary nitrogens is 1.